The van der Waals surface area contributed by atoms with Crippen molar-refractivity contribution < 1.29 is 13.3 Å². The zero-order chi connectivity index (χ0) is 18.2. The van der Waals surface area contributed by atoms with Crippen molar-refractivity contribution in [3.63, 3.8) is 0 Å². The molecule has 2 bridgehead atoms. The molecule has 0 fully saturated rings. The minimum Gasteiger partial charge on any atom is -0.331 e. The summed E-state index contributed by atoms with van der Waals surface area (Å²) in [6.07, 6.45) is 0.441. The number of aromatic nitrogens is 2. The summed E-state index contributed by atoms with van der Waals surface area (Å²) in [5.74, 6) is -0.423. The molecule has 1 amide bonds. The van der Waals surface area contributed by atoms with Crippen LogP contribution in [0.5, 0.6) is 0 Å². The zero-order valence-corrected chi connectivity index (χ0v) is 12.0. The van der Waals surface area contributed by atoms with Gasteiger partial charge in [-0.15, -0.1) is 0 Å². The summed E-state index contributed by atoms with van der Waals surface area (Å²) < 4.78 is 39.3. The molecule has 4 nitrogen and oxygen atoms in total. The second-order valence-electron chi connectivity index (χ2n) is 6.00. The van der Waals surface area contributed by atoms with Crippen molar-refractivity contribution in [2.24, 2.45) is 0 Å². The average molecular weight is 310 g/mol. The third kappa shape index (κ3) is 1.54. The van der Waals surface area contributed by atoms with Gasteiger partial charge in [-0.05, 0) is 23.8 Å². The van der Waals surface area contributed by atoms with Gasteiger partial charge in [-0.2, -0.15) is 0 Å². The maximum atomic E-state index is 13.6. The first-order valence-corrected chi connectivity index (χ1v) is 7.46. The van der Waals surface area contributed by atoms with E-state index in [-0.39, 0.29) is 6.04 Å². The SMILES string of the molecule is [2H]C([2H])([2H])N1C(=O)c2ccccc2C2CC1c1nc3cc(F)ccc3n12. The Bertz CT molecular complexity index is 1080. The maximum absolute atomic E-state index is 13.6. The molecule has 2 aliphatic rings. The minimum atomic E-state index is -2.59. The number of carbonyl (C=O) groups is 1. The van der Waals surface area contributed by atoms with Crippen molar-refractivity contribution in [2.45, 2.75) is 18.5 Å². The van der Waals surface area contributed by atoms with E-state index in [1.54, 1.807) is 18.2 Å². The van der Waals surface area contributed by atoms with Gasteiger partial charge in [-0.25, -0.2) is 9.37 Å². The van der Waals surface area contributed by atoms with Crippen molar-refractivity contribution in [3.8, 4) is 0 Å². The van der Waals surface area contributed by atoms with Gasteiger partial charge in [0.1, 0.15) is 11.6 Å². The fourth-order valence-corrected chi connectivity index (χ4v) is 3.82. The van der Waals surface area contributed by atoms with Gasteiger partial charge >= 0.3 is 0 Å². The van der Waals surface area contributed by atoms with Crippen molar-refractivity contribution in [1.29, 1.82) is 0 Å². The van der Waals surface area contributed by atoms with Crippen LogP contribution in [0.2, 0.25) is 0 Å². The van der Waals surface area contributed by atoms with E-state index in [2.05, 4.69) is 4.98 Å². The van der Waals surface area contributed by atoms with Crippen LogP contribution >= 0.6 is 0 Å². The summed E-state index contributed by atoms with van der Waals surface area (Å²) in [6.45, 7) is -2.59. The number of nitrogens with zero attached hydrogens (tertiary/aromatic N) is 3. The molecule has 0 radical (unpaired) electrons. The second-order valence-corrected chi connectivity index (χ2v) is 6.00. The van der Waals surface area contributed by atoms with Gasteiger partial charge in [0.05, 0.1) is 23.1 Å². The molecule has 2 atom stereocenters. The summed E-state index contributed by atoms with van der Waals surface area (Å²) >= 11 is 0. The fourth-order valence-electron chi connectivity index (χ4n) is 3.82. The number of rotatable bonds is 0. The highest BCUT2D eigenvalue weighted by Crippen LogP contribution is 2.47. The number of carbonyl (C=O) groups excluding carboxylic acids is 1. The summed E-state index contributed by atoms with van der Waals surface area (Å²) in [4.78, 5) is 18.5. The molecule has 0 saturated heterocycles. The van der Waals surface area contributed by atoms with Crippen LogP contribution in [0.1, 0.15) is 44.4 Å². The molecule has 0 spiro atoms. The Morgan fingerprint density at radius 2 is 2.13 bits per heavy atom. The number of amides is 1. The summed E-state index contributed by atoms with van der Waals surface area (Å²) in [5, 5.41) is 0. The predicted octanol–water partition coefficient (Wildman–Crippen LogP) is 3.30. The van der Waals surface area contributed by atoms with Crippen LogP contribution in [-0.2, 0) is 0 Å². The van der Waals surface area contributed by atoms with Gasteiger partial charge in [0.25, 0.3) is 5.91 Å². The Morgan fingerprint density at radius 3 is 3.00 bits per heavy atom. The molecule has 0 aliphatic carbocycles. The predicted molar refractivity (Wildman–Crippen MR) is 83.7 cm³/mol. The van der Waals surface area contributed by atoms with E-state index in [0.717, 1.165) is 16.0 Å². The monoisotopic (exact) mass is 310 g/mol. The van der Waals surface area contributed by atoms with Gasteiger partial charge in [0.2, 0.25) is 0 Å². The Hall–Kier alpha value is -2.69. The summed E-state index contributed by atoms with van der Waals surface area (Å²) in [5.41, 5.74) is 2.37. The topological polar surface area (TPSA) is 38.1 Å². The highest BCUT2D eigenvalue weighted by molar-refractivity contribution is 5.97. The summed E-state index contributed by atoms with van der Waals surface area (Å²) in [7, 11) is 0. The van der Waals surface area contributed by atoms with Gasteiger partial charge in [0.15, 0.2) is 0 Å². The van der Waals surface area contributed by atoms with Gasteiger partial charge < -0.3 is 9.47 Å². The average Bonchev–Trinajstić information content (AvgIpc) is 3.06. The maximum Gasteiger partial charge on any atom is 0.254 e. The molecule has 3 heterocycles. The van der Waals surface area contributed by atoms with Crippen molar-refractivity contribution in [1.82, 2.24) is 14.5 Å². The number of fused-ring (bicyclic) bond motifs is 9. The zero-order valence-electron chi connectivity index (χ0n) is 15.0. The van der Waals surface area contributed by atoms with Crippen LogP contribution < -0.4 is 0 Å². The van der Waals surface area contributed by atoms with Crippen LogP contribution in [0.25, 0.3) is 11.0 Å². The number of hydrogen-bond acceptors (Lipinski definition) is 2. The Kier molecular flexibility index (Phi) is 1.85. The number of hydrogen-bond donors (Lipinski definition) is 0. The fraction of sp³-hybridized carbons (Fsp3) is 0.222. The first-order chi connectivity index (χ1) is 12.4. The third-order valence-electron chi connectivity index (χ3n) is 4.82. The molecule has 2 aromatic carbocycles. The van der Waals surface area contributed by atoms with E-state index in [1.807, 2.05) is 16.7 Å². The van der Waals surface area contributed by atoms with E-state index < -0.39 is 24.7 Å². The van der Waals surface area contributed by atoms with E-state index in [0.29, 0.717) is 23.3 Å². The molecular formula is C18H14FN3O. The first-order valence-electron chi connectivity index (χ1n) is 8.96. The van der Waals surface area contributed by atoms with Crippen molar-refractivity contribution in [3.05, 3.63) is 65.2 Å². The lowest BCUT2D eigenvalue weighted by molar-refractivity contribution is 0.0734. The molecule has 2 aliphatic heterocycles. The lowest BCUT2D eigenvalue weighted by Crippen LogP contribution is -2.30. The molecular weight excluding hydrogens is 293 g/mol. The van der Waals surface area contributed by atoms with Gasteiger partial charge in [-0.3, -0.25) is 4.79 Å². The molecule has 1 aromatic heterocycles. The molecule has 3 aromatic rings. The molecule has 5 rings (SSSR count). The smallest absolute Gasteiger partial charge is 0.254 e. The standard InChI is InChI=1S/C18H14FN3O/c1-21-16-9-15(11-4-2-3-5-12(11)18(21)23)22-14-7-6-10(19)8-13(14)20-17(16)22/h2-8,15-16H,9H2,1H3/i1D3. The quantitative estimate of drug-likeness (QED) is 0.639. The van der Waals surface area contributed by atoms with Crippen LogP contribution in [-0.4, -0.2) is 27.3 Å². The Morgan fingerprint density at radius 1 is 1.26 bits per heavy atom. The lowest BCUT2D eigenvalue weighted by atomic mass is 9.99. The Balaban J connectivity index is 1.85. The third-order valence-corrected chi connectivity index (χ3v) is 4.82. The number of benzene rings is 2. The van der Waals surface area contributed by atoms with E-state index in [9.17, 15) is 9.18 Å². The second kappa shape index (κ2) is 4.19. The number of halogens is 1. The van der Waals surface area contributed by atoms with E-state index in [1.165, 1.54) is 12.1 Å². The van der Waals surface area contributed by atoms with Crippen molar-refractivity contribution >= 4 is 16.9 Å². The van der Waals surface area contributed by atoms with Crippen LogP contribution in [0, 0.1) is 5.82 Å². The summed E-state index contributed by atoms with van der Waals surface area (Å²) in [6, 6.07) is 10.5. The first kappa shape index (κ1) is 10.2. The Labute approximate surface area is 136 Å². The molecule has 114 valence electrons. The normalized spacial score (nSPS) is 24.7. The van der Waals surface area contributed by atoms with Gasteiger partial charge in [-0.1, -0.05) is 18.2 Å². The highest BCUT2D eigenvalue weighted by atomic mass is 19.1. The van der Waals surface area contributed by atoms with Crippen molar-refractivity contribution in [2.75, 3.05) is 6.98 Å². The largest absolute Gasteiger partial charge is 0.331 e. The van der Waals surface area contributed by atoms with Crippen LogP contribution in [0.15, 0.2) is 42.5 Å². The highest BCUT2D eigenvalue weighted by Gasteiger charge is 2.43. The molecule has 5 heteroatoms. The molecule has 0 saturated carbocycles. The van der Waals surface area contributed by atoms with Crippen LogP contribution in [0.4, 0.5) is 4.39 Å². The minimum absolute atomic E-state index is 0.210. The number of imidazole rings is 1. The van der Waals surface area contributed by atoms with E-state index >= 15 is 0 Å². The van der Waals surface area contributed by atoms with Gasteiger partial charge in [0, 0.05) is 29.1 Å². The lowest BCUT2D eigenvalue weighted by Gasteiger charge is -2.23. The van der Waals surface area contributed by atoms with Crippen LogP contribution in [0.3, 0.4) is 0 Å². The molecule has 2 unspecified atom stereocenters. The molecule has 0 N–H and O–H groups in total. The van der Waals surface area contributed by atoms with E-state index in [4.69, 9.17) is 4.11 Å². The molecule has 23 heavy (non-hydrogen) atoms.